The summed E-state index contributed by atoms with van der Waals surface area (Å²) in [5.74, 6) is -3.30. The highest BCUT2D eigenvalue weighted by molar-refractivity contribution is 7.80. The highest BCUT2D eigenvalue weighted by Crippen LogP contribution is 2.32. The van der Waals surface area contributed by atoms with E-state index in [1.165, 1.54) is 19.1 Å². The molecule has 31 heavy (non-hydrogen) atoms. The van der Waals surface area contributed by atoms with Crippen LogP contribution in [0.4, 0.5) is 26.0 Å². The lowest BCUT2D eigenvalue weighted by Gasteiger charge is -2.37. The van der Waals surface area contributed by atoms with Crippen LogP contribution in [0.15, 0.2) is 30.5 Å². The molecule has 2 amide bonds. The van der Waals surface area contributed by atoms with Gasteiger partial charge >= 0.3 is 0 Å². The fourth-order valence-corrected chi connectivity index (χ4v) is 3.87. The summed E-state index contributed by atoms with van der Waals surface area (Å²) >= 11 is -2.83. The second kappa shape index (κ2) is 9.90. The van der Waals surface area contributed by atoms with Gasteiger partial charge in [0.05, 0.1) is 11.3 Å². The third-order valence-electron chi connectivity index (χ3n) is 4.56. The maximum atomic E-state index is 15.1. The quantitative estimate of drug-likeness (QED) is 0.647. The zero-order valence-electron chi connectivity index (χ0n) is 16.4. The maximum absolute atomic E-state index is 15.1. The van der Waals surface area contributed by atoms with Gasteiger partial charge in [0.15, 0.2) is 5.82 Å². The monoisotopic (exact) mass is 453 g/mol. The van der Waals surface area contributed by atoms with Gasteiger partial charge in [-0.25, -0.2) is 13.8 Å². The number of hydrogen-bond acceptors (Lipinski definition) is 6. The number of amides is 2. The third-order valence-corrected chi connectivity index (χ3v) is 5.38. The van der Waals surface area contributed by atoms with Gasteiger partial charge in [-0.05, 0) is 37.1 Å². The molecule has 2 aromatic rings. The average Bonchev–Trinajstić information content (AvgIpc) is 2.73. The number of benzene rings is 1. The van der Waals surface area contributed by atoms with E-state index in [1.54, 1.807) is 0 Å². The summed E-state index contributed by atoms with van der Waals surface area (Å²) in [6.45, 7) is 1.91. The summed E-state index contributed by atoms with van der Waals surface area (Å²) in [6.07, 6.45) is 1.82. The van der Waals surface area contributed by atoms with Crippen molar-refractivity contribution >= 4 is 40.3 Å². The van der Waals surface area contributed by atoms with Crippen molar-refractivity contribution in [2.24, 2.45) is 0 Å². The Kier molecular flexibility index (Phi) is 7.25. The molecule has 0 spiro atoms. The molecule has 1 saturated heterocycles. The van der Waals surface area contributed by atoms with E-state index in [0.717, 1.165) is 22.6 Å². The summed E-state index contributed by atoms with van der Waals surface area (Å²) < 4.78 is 59.1. The lowest BCUT2D eigenvalue weighted by atomic mass is 10.1. The first-order valence-electron chi connectivity index (χ1n) is 9.27. The minimum atomic E-state index is -2.83. The standard InChI is InChI=1S/C19H20F2N4O5S/c1-11(26)23-16-5-2-12(10-22-16)19(27)24-18-14(20)3-4-15(17(18)21)25(31(28)29)13-6-8-30-9-7-13/h2-5,10,13H,6-9H2,1H3,(H,24,27)(H,28,29)(H,22,23,26)/p-1. The van der Waals surface area contributed by atoms with Crippen LogP contribution < -0.4 is 14.9 Å². The molecule has 1 aliphatic heterocycles. The molecule has 0 bridgehead atoms. The largest absolute Gasteiger partial charge is 0.755 e. The van der Waals surface area contributed by atoms with Gasteiger partial charge in [-0.3, -0.25) is 18.1 Å². The van der Waals surface area contributed by atoms with Crippen LogP contribution in [0, 0.1) is 11.6 Å². The fourth-order valence-electron chi connectivity index (χ4n) is 3.11. The van der Waals surface area contributed by atoms with Gasteiger partial charge < -0.3 is 19.9 Å². The van der Waals surface area contributed by atoms with Crippen molar-refractivity contribution in [3.05, 3.63) is 47.7 Å². The summed E-state index contributed by atoms with van der Waals surface area (Å²) in [6, 6.07) is 4.00. The molecule has 1 atom stereocenters. The molecule has 1 aromatic carbocycles. The number of halogens is 2. The first-order chi connectivity index (χ1) is 14.8. The number of hydrogen-bond donors (Lipinski definition) is 2. The van der Waals surface area contributed by atoms with Crippen molar-refractivity contribution in [3.8, 4) is 0 Å². The van der Waals surface area contributed by atoms with Gasteiger partial charge in [-0.1, -0.05) is 0 Å². The Morgan fingerprint density at radius 1 is 1.19 bits per heavy atom. The molecule has 0 aliphatic carbocycles. The number of ether oxygens (including phenoxy) is 1. The average molecular weight is 453 g/mol. The Morgan fingerprint density at radius 3 is 2.48 bits per heavy atom. The summed E-state index contributed by atoms with van der Waals surface area (Å²) in [5, 5.41) is 4.55. The molecule has 1 unspecified atom stereocenters. The summed E-state index contributed by atoms with van der Waals surface area (Å²) in [4.78, 5) is 27.3. The Morgan fingerprint density at radius 2 is 1.90 bits per heavy atom. The minimum absolute atomic E-state index is 0.0213. The van der Waals surface area contributed by atoms with Crippen LogP contribution in [-0.2, 0) is 20.8 Å². The lowest BCUT2D eigenvalue weighted by Crippen LogP contribution is -2.41. The van der Waals surface area contributed by atoms with Crippen molar-refractivity contribution in [2.45, 2.75) is 25.8 Å². The molecule has 1 aromatic heterocycles. The lowest BCUT2D eigenvalue weighted by molar-refractivity contribution is -0.114. The molecule has 1 fully saturated rings. The molecular weight excluding hydrogens is 434 g/mol. The first kappa shape index (κ1) is 22.7. The number of nitrogens with zero attached hydrogens (tertiary/aromatic N) is 2. The molecule has 166 valence electrons. The molecule has 12 heteroatoms. The van der Waals surface area contributed by atoms with Crippen molar-refractivity contribution in [1.82, 2.24) is 4.98 Å². The van der Waals surface area contributed by atoms with E-state index in [2.05, 4.69) is 15.6 Å². The summed E-state index contributed by atoms with van der Waals surface area (Å²) in [7, 11) is 0. The molecule has 3 rings (SSSR count). The van der Waals surface area contributed by atoms with E-state index < -0.39 is 40.5 Å². The second-order valence-corrected chi connectivity index (χ2v) is 7.54. The van der Waals surface area contributed by atoms with Crippen LogP contribution in [0.1, 0.15) is 30.1 Å². The van der Waals surface area contributed by atoms with Crippen LogP contribution in [0.3, 0.4) is 0 Å². The maximum Gasteiger partial charge on any atom is 0.257 e. The molecule has 0 saturated carbocycles. The van der Waals surface area contributed by atoms with Gasteiger partial charge in [-0.2, -0.15) is 0 Å². The van der Waals surface area contributed by atoms with E-state index in [9.17, 15) is 22.7 Å². The van der Waals surface area contributed by atoms with E-state index in [0.29, 0.717) is 26.1 Å². The van der Waals surface area contributed by atoms with Crippen LogP contribution in [0.2, 0.25) is 0 Å². The number of anilines is 3. The minimum Gasteiger partial charge on any atom is -0.755 e. The number of aromatic nitrogens is 1. The topological polar surface area (TPSA) is 124 Å². The van der Waals surface area contributed by atoms with E-state index in [-0.39, 0.29) is 23.0 Å². The van der Waals surface area contributed by atoms with Crippen LogP contribution in [0.5, 0.6) is 0 Å². The van der Waals surface area contributed by atoms with Gasteiger partial charge in [-0.15, -0.1) is 0 Å². The predicted molar refractivity (Wildman–Crippen MR) is 108 cm³/mol. The van der Waals surface area contributed by atoms with E-state index >= 15 is 4.39 Å². The zero-order chi connectivity index (χ0) is 22.5. The van der Waals surface area contributed by atoms with Crippen molar-refractivity contribution in [3.63, 3.8) is 0 Å². The fraction of sp³-hybridized carbons (Fsp3) is 0.316. The molecular formula is C19H19F2N4O5S-. The number of carbonyl (C=O) groups is 2. The zero-order valence-corrected chi connectivity index (χ0v) is 17.2. The van der Waals surface area contributed by atoms with Gasteiger partial charge in [0.25, 0.3) is 5.91 Å². The number of rotatable bonds is 6. The number of nitrogens with one attached hydrogen (secondary N) is 2. The Bertz CT molecular complexity index is 1000. The van der Waals surface area contributed by atoms with Gasteiger partial charge in [0.2, 0.25) is 5.91 Å². The smallest absolute Gasteiger partial charge is 0.257 e. The SMILES string of the molecule is CC(=O)Nc1ccc(C(=O)Nc2c(F)ccc(N(C3CCOCC3)S(=O)[O-])c2F)cn1. The number of carbonyl (C=O) groups excluding carboxylic acids is 2. The predicted octanol–water partition coefficient (Wildman–Crippen LogP) is 2.35. The Labute approximate surface area is 179 Å². The Balaban J connectivity index is 1.87. The van der Waals surface area contributed by atoms with Crippen LogP contribution in [0.25, 0.3) is 0 Å². The summed E-state index contributed by atoms with van der Waals surface area (Å²) in [5.41, 5.74) is -1.18. The Hall–Kier alpha value is -2.96. The molecule has 2 heterocycles. The highest BCUT2D eigenvalue weighted by Gasteiger charge is 2.28. The third kappa shape index (κ3) is 5.40. The van der Waals surface area contributed by atoms with Crippen molar-refractivity contribution < 1.29 is 31.9 Å². The molecule has 0 radical (unpaired) electrons. The second-order valence-electron chi connectivity index (χ2n) is 6.71. The molecule has 9 nitrogen and oxygen atoms in total. The van der Waals surface area contributed by atoms with Crippen LogP contribution >= 0.6 is 0 Å². The van der Waals surface area contributed by atoms with Crippen molar-refractivity contribution in [1.29, 1.82) is 0 Å². The number of pyridine rings is 1. The first-order valence-corrected chi connectivity index (χ1v) is 10.3. The van der Waals surface area contributed by atoms with Gasteiger partial charge in [0.1, 0.15) is 17.3 Å². The molecule has 2 N–H and O–H groups in total. The van der Waals surface area contributed by atoms with E-state index in [1.807, 2.05) is 0 Å². The van der Waals surface area contributed by atoms with E-state index in [4.69, 9.17) is 4.74 Å². The van der Waals surface area contributed by atoms with Crippen LogP contribution in [-0.4, -0.2) is 44.8 Å². The van der Waals surface area contributed by atoms with Crippen molar-refractivity contribution in [2.75, 3.05) is 28.2 Å². The normalized spacial score (nSPS) is 15.2. The highest BCUT2D eigenvalue weighted by atomic mass is 32.2. The van der Waals surface area contributed by atoms with Gasteiger partial charge in [0, 0.05) is 43.6 Å². The molecule has 1 aliphatic rings.